The Morgan fingerprint density at radius 1 is 1.05 bits per heavy atom. The third kappa shape index (κ3) is 2.66. The van der Waals surface area contributed by atoms with Crippen LogP contribution in [0.1, 0.15) is 21.6 Å². The molecule has 1 heterocycles. The lowest BCUT2D eigenvalue weighted by Crippen LogP contribution is -2.06. The fourth-order valence-corrected chi connectivity index (χ4v) is 2.70. The van der Waals surface area contributed by atoms with E-state index in [1.54, 1.807) is 30.3 Å². The third-order valence-corrected chi connectivity index (χ3v) is 3.79. The lowest BCUT2D eigenvalue weighted by atomic mass is 10.1. The number of rotatable bonds is 2. The number of para-hydroxylation sites is 1. The molecule has 0 aliphatic carbocycles. The van der Waals surface area contributed by atoms with Crippen LogP contribution in [0, 0.1) is 0 Å². The van der Waals surface area contributed by atoms with Gasteiger partial charge in [0.15, 0.2) is 0 Å². The molecule has 0 spiro atoms. The molecule has 3 rings (SSSR count). The number of alkyl halides is 3. The molecule has 0 saturated heterocycles. The van der Waals surface area contributed by atoms with Gasteiger partial charge in [0.05, 0.1) is 16.8 Å². The van der Waals surface area contributed by atoms with Crippen molar-refractivity contribution in [2.24, 2.45) is 0 Å². The number of carbonyl (C=O) groups is 1. The Morgan fingerprint density at radius 3 is 2.45 bits per heavy atom. The first-order chi connectivity index (χ1) is 10.4. The molecule has 0 aliphatic heterocycles. The van der Waals surface area contributed by atoms with E-state index in [1.165, 1.54) is 12.1 Å². The summed E-state index contributed by atoms with van der Waals surface area (Å²) in [6.45, 7) is 0. The number of aromatic amines is 1. The largest absolute Gasteiger partial charge is 0.418 e. The number of carbonyl (C=O) groups excluding carboxylic acids is 1. The van der Waals surface area contributed by atoms with Gasteiger partial charge in [0, 0.05) is 15.4 Å². The SMILES string of the molecule is O=C(c1cccc(Br)c1)c1cc2cccc(C(F)(F)F)c2[nH]1. The van der Waals surface area contributed by atoms with Crippen LogP contribution in [0.4, 0.5) is 13.2 Å². The standard InChI is InChI=1S/C16H9BrF3NO/c17-11-5-1-4-10(7-11)15(22)13-8-9-3-2-6-12(14(9)21-13)16(18,19)20/h1-8,21H. The third-order valence-electron chi connectivity index (χ3n) is 3.29. The van der Waals surface area contributed by atoms with Crippen molar-refractivity contribution in [3.63, 3.8) is 0 Å². The number of fused-ring (bicyclic) bond motifs is 1. The van der Waals surface area contributed by atoms with Crippen molar-refractivity contribution in [2.75, 3.05) is 0 Å². The Kier molecular flexibility index (Phi) is 3.56. The first-order valence-corrected chi connectivity index (χ1v) is 7.15. The summed E-state index contributed by atoms with van der Waals surface area (Å²) in [4.78, 5) is 15.0. The normalized spacial score (nSPS) is 11.8. The first kappa shape index (κ1) is 14.8. The van der Waals surface area contributed by atoms with Gasteiger partial charge in [0.1, 0.15) is 0 Å². The van der Waals surface area contributed by atoms with Crippen molar-refractivity contribution >= 4 is 32.6 Å². The van der Waals surface area contributed by atoms with E-state index in [-0.39, 0.29) is 17.0 Å². The Hall–Kier alpha value is -2.08. The summed E-state index contributed by atoms with van der Waals surface area (Å²) in [6.07, 6.45) is -4.47. The van der Waals surface area contributed by atoms with E-state index in [0.29, 0.717) is 10.9 Å². The molecule has 0 fully saturated rings. The minimum Gasteiger partial charge on any atom is -0.351 e. The highest BCUT2D eigenvalue weighted by Crippen LogP contribution is 2.34. The molecule has 0 bridgehead atoms. The number of aromatic nitrogens is 1. The zero-order valence-electron chi connectivity index (χ0n) is 11.0. The van der Waals surface area contributed by atoms with Gasteiger partial charge in [0.25, 0.3) is 0 Å². The average Bonchev–Trinajstić information content (AvgIpc) is 2.89. The van der Waals surface area contributed by atoms with Crippen molar-refractivity contribution in [3.8, 4) is 0 Å². The Labute approximate surface area is 132 Å². The van der Waals surface area contributed by atoms with E-state index in [0.717, 1.165) is 10.5 Å². The van der Waals surface area contributed by atoms with Crippen LogP contribution in [-0.4, -0.2) is 10.8 Å². The highest BCUT2D eigenvalue weighted by atomic mass is 79.9. The molecule has 2 aromatic carbocycles. The van der Waals surface area contributed by atoms with E-state index < -0.39 is 11.7 Å². The number of hydrogen-bond donors (Lipinski definition) is 1. The average molecular weight is 368 g/mol. The summed E-state index contributed by atoms with van der Waals surface area (Å²) in [5, 5.41) is 0.355. The van der Waals surface area contributed by atoms with E-state index in [1.807, 2.05) is 0 Å². The monoisotopic (exact) mass is 367 g/mol. The van der Waals surface area contributed by atoms with Gasteiger partial charge in [-0.3, -0.25) is 4.79 Å². The molecule has 2 nitrogen and oxygen atoms in total. The van der Waals surface area contributed by atoms with Crippen molar-refractivity contribution in [3.05, 3.63) is 69.8 Å². The summed E-state index contributed by atoms with van der Waals surface area (Å²) in [5.41, 5.74) is -0.328. The lowest BCUT2D eigenvalue weighted by molar-refractivity contribution is -0.136. The molecule has 112 valence electrons. The van der Waals surface area contributed by atoms with Crippen LogP contribution in [-0.2, 0) is 6.18 Å². The minimum atomic E-state index is -4.47. The van der Waals surface area contributed by atoms with Gasteiger partial charge in [-0.15, -0.1) is 0 Å². The Balaban J connectivity index is 2.11. The Morgan fingerprint density at radius 2 is 1.77 bits per heavy atom. The van der Waals surface area contributed by atoms with Crippen LogP contribution in [0.5, 0.6) is 0 Å². The Bertz CT molecular complexity index is 867. The van der Waals surface area contributed by atoms with E-state index in [9.17, 15) is 18.0 Å². The van der Waals surface area contributed by atoms with Gasteiger partial charge in [0.2, 0.25) is 5.78 Å². The smallest absolute Gasteiger partial charge is 0.351 e. The maximum Gasteiger partial charge on any atom is 0.418 e. The molecule has 0 atom stereocenters. The molecule has 0 unspecified atom stereocenters. The van der Waals surface area contributed by atoms with Gasteiger partial charge < -0.3 is 4.98 Å². The molecular weight excluding hydrogens is 359 g/mol. The van der Waals surface area contributed by atoms with Gasteiger partial charge in [-0.1, -0.05) is 40.2 Å². The number of nitrogens with one attached hydrogen (secondary N) is 1. The van der Waals surface area contributed by atoms with Crippen molar-refractivity contribution in [1.82, 2.24) is 4.98 Å². The summed E-state index contributed by atoms with van der Waals surface area (Å²) in [6, 6.07) is 12.0. The molecule has 0 radical (unpaired) electrons. The van der Waals surface area contributed by atoms with Gasteiger partial charge >= 0.3 is 6.18 Å². The highest BCUT2D eigenvalue weighted by molar-refractivity contribution is 9.10. The molecule has 3 aromatic rings. The van der Waals surface area contributed by atoms with Gasteiger partial charge in [-0.2, -0.15) is 13.2 Å². The predicted molar refractivity (Wildman–Crippen MR) is 80.9 cm³/mol. The van der Waals surface area contributed by atoms with Crippen LogP contribution in [0.3, 0.4) is 0 Å². The second-order valence-corrected chi connectivity index (χ2v) is 5.71. The van der Waals surface area contributed by atoms with E-state index in [2.05, 4.69) is 20.9 Å². The summed E-state index contributed by atoms with van der Waals surface area (Å²) < 4.78 is 39.7. The highest BCUT2D eigenvalue weighted by Gasteiger charge is 2.33. The van der Waals surface area contributed by atoms with E-state index >= 15 is 0 Å². The maximum absolute atomic E-state index is 13.0. The van der Waals surface area contributed by atoms with Crippen molar-refractivity contribution < 1.29 is 18.0 Å². The van der Waals surface area contributed by atoms with Crippen LogP contribution >= 0.6 is 15.9 Å². The zero-order valence-corrected chi connectivity index (χ0v) is 12.6. The van der Waals surface area contributed by atoms with Crippen molar-refractivity contribution in [2.45, 2.75) is 6.18 Å². The summed E-state index contributed by atoms with van der Waals surface area (Å²) in [7, 11) is 0. The number of halogens is 4. The second kappa shape index (κ2) is 5.28. The second-order valence-electron chi connectivity index (χ2n) is 4.79. The minimum absolute atomic E-state index is 0.0756. The van der Waals surface area contributed by atoms with Crippen molar-refractivity contribution in [1.29, 1.82) is 0 Å². The van der Waals surface area contributed by atoms with E-state index in [4.69, 9.17) is 0 Å². The van der Waals surface area contributed by atoms with Gasteiger partial charge in [-0.25, -0.2) is 0 Å². The molecular formula is C16H9BrF3NO. The fourth-order valence-electron chi connectivity index (χ4n) is 2.30. The number of H-pyrrole nitrogens is 1. The first-order valence-electron chi connectivity index (χ1n) is 6.35. The van der Waals surface area contributed by atoms with Crippen LogP contribution < -0.4 is 0 Å². The number of hydrogen-bond acceptors (Lipinski definition) is 1. The summed E-state index contributed by atoms with van der Waals surface area (Å²) >= 11 is 3.26. The predicted octanol–water partition coefficient (Wildman–Crippen LogP) is 5.18. The van der Waals surface area contributed by atoms with Gasteiger partial charge in [-0.05, 0) is 24.3 Å². The van der Waals surface area contributed by atoms with Crippen LogP contribution in [0.2, 0.25) is 0 Å². The zero-order chi connectivity index (χ0) is 15.9. The quantitative estimate of drug-likeness (QED) is 0.622. The van der Waals surface area contributed by atoms with Crippen LogP contribution in [0.25, 0.3) is 10.9 Å². The molecule has 0 saturated carbocycles. The fraction of sp³-hybridized carbons (Fsp3) is 0.0625. The number of benzene rings is 2. The molecule has 1 N–H and O–H groups in total. The topological polar surface area (TPSA) is 32.9 Å². The molecule has 6 heteroatoms. The maximum atomic E-state index is 13.0. The number of ketones is 1. The van der Waals surface area contributed by atoms with Crippen LogP contribution in [0.15, 0.2) is 53.0 Å². The summed E-state index contributed by atoms with van der Waals surface area (Å²) in [5.74, 6) is -0.356. The molecule has 0 amide bonds. The lowest BCUT2D eigenvalue weighted by Gasteiger charge is -2.07. The molecule has 22 heavy (non-hydrogen) atoms. The molecule has 0 aliphatic rings. The molecule has 1 aromatic heterocycles.